The molecule has 86 valence electrons. The van der Waals surface area contributed by atoms with E-state index < -0.39 is 23.9 Å². The van der Waals surface area contributed by atoms with Gasteiger partial charge in [0, 0.05) is 12.8 Å². The zero-order valence-corrected chi connectivity index (χ0v) is 8.69. The number of rotatable bonds is 6. The van der Waals surface area contributed by atoms with E-state index in [-0.39, 0.29) is 19.3 Å². The number of amides is 1. The summed E-state index contributed by atoms with van der Waals surface area (Å²) in [6, 6.07) is -0.974. The van der Waals surface area contributed by atoms with Crippen LogP contribution in [0.3, 0.4) is 0 Å². The van der Waals surface area contributed by atoms with Gasteiger partial charge in [-0.2, -0.15) is 0 Å². The molecule has 0 unspecified atom stereocenters. The van der Waals surface area contributed by atoms with E-state index in [9.17, 15) is 14.4 Å². The molecule has 0 spiro atoms. The van der Waals surface area contributed by atoms with Crippen LogP contribution in [0.15, 0.2) is 0 Å². The average molecular weight is 216 g/mol. The minimum Gasteiger partial charge on any atom is -0.392 e. The highest BCUT2D eigenvalue weighted by Crippen LogP contribution is 1.99. The third-order valence-electron chi connectivity index (χ3n) is 1.67. The number of nitrogens with two attached hydrogens (primary N) is 2. The van der Waals surface area contributed by atoms with Crippen LogP contribution in [0, 0.1) is 0 Å². The predicted molar refractivity (Wildman–Crippen MR) is 52.4 cm³/mol. The maximum Gasteiger partial charge on any atom is 0.330 e. The van der Waals surface area contributed by atoms with Crippen molar-refractivity contribution in [3.05, 3.63) is 0 Å². The Labute approximate surface area is 87.9 Å². The third-order valence-corrected chi connectivity index (χ3v) is 1.67. The van der Waals surface area contributed by atoms with Gasteiger partial charge in [0.2, 0.25) is 5.91 Å². The zero-order valence-electron chi connectivity index (χ0n) is 8.69. The van der Waals surface area contributed by atoms with Gasteiger partial charge < -0.3 is 16.2 Å². The summed E-state index contributed by atoms with van der Waals surface area (Å²) in [7, 11) is 0. The Morgan fingerprint density at radius 3 is 2.33 bits per heavy atom. The molecule has 0 aliphatic heterocycles. The van der Waals surface area contributed by atoms with Crippen molar-refractivity contribution in [3.63, 3.8) is 0 Å². The predicted octanol–water partition coefficient (Wildman–Crippen LogP) is -0.551. The van der Waals surface area contributed by atoms with Crippen molar-refractivity contribution in [2.24, 2.45) is 11.5 Å². The van der Waals surface area contributed by atoms with E-state index in [0.717, 1.165) is 0 Å². The van der Waals surface area contributed by atoms with E-state index in [2.05, 4.69) is 4.74 Å². The van der Waals surface area contributed by atoms with Crippen LogP contribution >= 0.6 is 0 Å². The highest BCUT2D eigenvalue weighted by Gasteiger charge is 2.18. The second-order valence-electron chi connectivity index (χ2n) is 3.15. The van der Waals surface area contributed by atoms with Crippen molar-refractivity contribution in [2.75, 3.05) is 0 Å². The molecular formula is C9H16N2O4. The van der Waals surface area contributed by atoms with Crippen LogP contribution < -0.4 is 11.5 Å². The van der Waals surface area contributed by atoms with Gasteiger partial charge in [0.05, 0.1) is 0 Å². The highest BCUT2D eigenvalue weighted by molar-refractivity contribution is 5.88. The fraction of sp³-hybridized carbons (Fsp3) is 0.667. The topological polar surface area (TPSA) is 112 Å². The van der Waals surface area contributed by atoms with Crippen molar-refractivity contribution >= 4 is 17.8 Å². The molecule has 1 amide bonds. The summed E-state index contributed by atoms with van der Waals surface area (Å²) < 4.78 is 4.43. The van der Waals surface area contributed by atoms with Crippen LogP contribution in [0.1, 0.15) is 32.6 Å². The van der Waals surface area contributed by atoms with E-state index in [1.165, 1.54) is 0 Å². The standard InChI is InChI=1S/C9H16N2O4/c1-2-3-8(13)15-9(14)6(10)4-5-7(11)12/h6H,2-5,10H2,1H3,(H2,11,12)/t6-/m0/s1. The number of ether oxygens (including phenoxy) is 1. The van der Waals surface area contributed by atoms with Crippen LogP contribution in [0.5, 0.6) is 0 Å². The zero-order chi connectivity index (χ0) is 11.8. The molecule has 0 heterocycles. The Morgan fingerprint density at radius 2 is 1.87 bits per heavy atom. The van der Waals surface area contributed by atoms with E-state index in [1.807, 2.05) is 0 Å². The monoisotopic (exact) mass is 216 g/mol. The van der Waals surface area contributed by atoms with E-state index >= 15 is 0 Å². The van der Waals surface area contributed by atoms with Gasteiger partial charge in [-0.3, -0.25) is 9.59 Å². The number of carbonyl (C=O) groups excluding carboxylic acids is 3. The van der Waals surface area contributed by atoms with E-state index in [0.29, 0.717) is 6.42 Å². The van der Waals surface area contributed by atoms with Gasteiger partial charge in [-0.1, -0.05) is 6.92 Å². The molecule has 15 heavy (non-hydrogen) atoms. The minimum atomic E-state index is -0.974. The quantitative estimate of drug-likeness (QED) is 0.457. The highest BCUT2D eigenvalue weighted by atomic mass is 16.6. The summed E-state index contributed by atoms with van der Waals surface area (Å²) in [6.45, 7) is 1.79. The Kier molecular flexibility index (Phi) is 6.28. The van der Waals surface area contributed by atoms with Crippen molar-refractivity contribution in [3.8, 4) is 0 Å². The van der Waals surface area contributed by atoms with Crippen LogP contribution in [-0.4, -0.2) is 23.9 Å². The fourth-order valence-corrected chi connectivity index (χ4v) is 0.859. The minimum absolute atomic E-state index is 0.00175. The molecule has 0 aliphatic rings. The van der Waals surface area contributed by atoms with Crippen molar-refractivity contribution in [1.29, 1.82) is 0 Å². The first-order valence-electron chi connectivity index (χ1n) is 4.75. The number of hydrogen-bond donors (Lipinski definition) is 2. The van der Waals surface area contributed by atoms with Gasteiger partial charge in [-0.05, 0) is 12.8 Å². The molecule has 0 aromatic heterocycles. The molecule has 0 radical (unpaired) electrons. The Hall–Kier alpha value is -1.43. The third kappa shape index (κ3) is 6.62. The van der Waals surface area contributed by atoms with Gasteiger partial charge in [0.15, 0.2) is 0 Å². The lowest BCUT2D eigenvalue weighted by molar-refractivity contribution is -0.160. The number of carbonyl (C=O) groups is 3. The van der Waals surface area contributed by atoms with Gasteiger partial charge in [0.1, 0.15) is 6.04 Å². The molecule has 4 N–H and O–H groups in total. The molecular weight excluding hydrogens is 200 g/mol. The molecule has 0 saturated carbocycles. The largest absolute Gasteiger partial charge is 0.392 e. The maximum absolute atomic E-state index is 11.1. The average Bonchev–Trinajstić information content (AvgIpc) is 2.14. The molecule has 1 atom stereocenters. The maximum atomic E-state index is 11.1. The molecule has 0 rings (SSSR count). The smallest absolute Gasteiger partial charge is 0.330 e. The lowest BCUT2D eigenvalue weighted by Gasteiger charge is -2.08. The molecule has 0 saturated heterocycles. The second kappa shape index (κ2) is 6.94. The van der Waals surface area contributed by atoms with Crippen LogP contribution in [0.25, 0.3) is 0 Å². The summed E-state index contributed by atoms with van der Waals surface area (Å²) in [4.78, 5) is 32.4. The summed E-state index contributed by atoms with van der Waals surface area (Å²) >= 11 is 0. The van der Waals surface area contributed by atoms with Gasteiger partial charge in [-0.15, -0.1) is 0 Å². The van der Waals surface area contributed by atoms with Crippen molar-refractivity contribution in [2.45, 2.75) is 38.6 Å². The van der Waals surface area contributed by atoms with Crippen LogP contribution in [0.4, 0.5) is 0 Å². The molecule has 0 aromatic rings. The number of hydrogen-bond acceptors (Lipinski definition) is 5. The lowest BCUT2D eigenvalue weighted by atomic mass is 10.1. The van der Waals surface area contributed by atoms with Gasteiger partial charge in [0.25, 0.3) is 0 Å². The molecule has 0 fully saturated rings. The SMILES string of the molecule is CCCC(=O)OC(=O)[C@@H](N)CCC(N)=O. The van der Waals surface area contributed by atoms with Gasteiger partial charge >= 0.3 is 11.9 Å². The molecule has 0 bridgehead atoms. The van der Waals surface area contributed by atoms with E-state index in [4.69, 9.17) is 11.5 Å². The Morgan fingerprint density at radius 1 is 1.27 bits per heavy atom. The van der Waals surface area contributed by atoms with E-state index in [1.54, 1.807) is 6.92 Å². The molecule has 0 aromatic carbocycles. The van der Waals surface area contributed by atoms with Crippen LogP contribution in [-0.2, 0) is 19.1 Å². The fourth-order valence-electron chi connectivity index (χ4n) is 0.859. The first-order valence-corrected chi connectivity index (χ1v) is 4.75. The summed E-state index contributed by atoms with van der Waals surface area (Å²) in [5.41, 5.74) is 10.3. The Balaban J connectivity index is 3.88. The second-order valence-corrected chi connectivity index (χ2v) is 3.15. The Bertz CT molecular complexity index is 252. The number of esters is 2. The van der Waals surface area contributed by atoms with Crippen LogP contribution in [0.2, 0.25) is 0 Å². The normalized spacial score (nSPS) is 11.9. The molecule has 0 aliphatic carbocycles. The summed E-state index contributed by atoms with van der Waals surface area (Å²) in [5.74, 6) is -1.95. The van der Waals surface area contributed by atoms with Gasteiger partial charge in [-0.25, -0.2) is 4.79 Å². The molecule has 6 nitrogen and oxygen atoms in total. The summed E-state index contributed by atoms with van der Waals surface area (Å²) in [5, 5.41) is 0. The lowest BCUT2D eigenvalue weighted by Crippen LogP contribution is -2.34. The first-order chi connectivity index (χ1) is 6.97. The van der Waals surface area contributed by atoms with Crippen molar-refractivity contribution in [1.82, 2.24) is 0 Å². The first kappa shape index (κ1) is 13.6. The van der Waals surface area contributed by atoms with Crippen molar-refractivity contribution < 1.29 is 19.1 Å². The summed E-state index contributed by atoms with van der Waals surface area (Å²) in [6.07, 6.45) is 0.864. The molecule has 6 heteroatoms. The number of primary amides is 1.